The van der Waals surface area contributed by atoms with E-state index in [2.05, 4.69) is 16.0 Å². The molecule has 0 radical (unpaired) electrons. The van der Waals surface area contributed by atoms with E-state index in [-0.39, 0.29) is 18.2 Å². The van der Waals surface area contributed by atoms with E-state index in [1.807, 2.05) is 55.8 Å². The van der Waals surface area contributed by atoms with E-state index in [9.17, 15) is 8.78 Å². The summed E-state index contributed by atoms with van der Waals surface area (Å²) < 4.78 is 35.3. The third-order valence-electron chi connectivity index (χ3n) is 6.34. The Labute approximate surface area is 207 Å². The summed E-state index contributed by atoms with van der Waals surface area (Å²) in [4.78, 5) is 8.57. The lowest BCUT2D eigenvalue weighted by molar-refractivity contribution is 0.0173. The number of fused-ring (bicyclic) bond motifs is 2. The van der Waals surface area contributed by atoms with Crippen LogP contribution in [0.1, 0.15) is 43.5 Å². The molecule has 0 bridgehead atoms. The van der Waals surface area contributed by atoms with Crippen LogP contribution in [0.25, 0.3) is 33.1 Å². The number of rotatable bonds is 6. The van der Waals surface area contributed by atoms with Crippen molar-refractivity contribution in [2.75, 3.05) is 5.73 Å². The smallest absolute Gasteiger partial charge is 0.270 e. The maximum absolute atomic E-state index is 13.7. The fourth-order valence-electron chi connectivity index (χ4n) is 4.28. The van der Waals surface area contributed by atoms with Crippen LogP contribution in [0.5, 0.6) is 5.75 Å². The van der Waals surface area contributed by atoms with Crippen LogP contribution in [-0.4, -0.2) is 19.7 Å². The van der Waals surface area contributed by atoms with Gasteiger partial charge >= 0.3 is 0 Å². The molecule has 0 aliphatic heterocycles. The molecule has 2 aromatic heterocycles. The zero-order valence-corrected chi connectivity index (χ0v) is 20.6. The van der Waals surface area contributed by atoms with Crippen molar-refractivity contribution < 1.29 is 13.5 Å². The second kappa shape index (κ2) is 8.86. The van der Waals surface area contributed by atoms with Crippen LogP contribution in [-0.2, 0) is 12.5 Å². The number of aryl methyl sites for hydroxylation is 1. The SMILES string of the molecule is Cc1ccc(C(C)(F)F)cc1COc1ccc2cc(-c3nn(C(C)C)c4ncnc(N)c34)ccc2c1. The molecule has 2 heterocycles. The fraction of sp³-hybridized carbons (Fsp3) is 0.250. The van der Waals surface area contributed by atoms with Gasteiger partial charge in [0.2, 0.25) is 0 Å². The average Bonchev–Trinajstić information content (AvgIpc) is 3.24. The number of nitrogens with two attached hydrogens (primary N) is 1. The number of nitrogen functional groups attached to an aromatic ring is 1. The van der Waals surface area contributed by atoms with E-state index in [1.54, 1.807) is 6.07 Å². The minimum Gasteiger partial charge on any atom is -0.489 e. The number of halogens is 2. The topological polar surface area (TPSA) is 78.8 Å². The highest BCUT2D eigenvalue weighted by atomic mass is 19.3. The highest BCUT2D eigenvalue weighted by Crippen LogP contribution is 2.34. The van der Waals surface area contributed by atoms with Gasteiger partial charge in [0.1, 0.15) is 30.2 Å². The lowest BCUT2D eigenvalue weighted by Gasteiger charge is -2.15. The van der Waals surface area contributed by atoms with Gasteiger partial charge in [0.05, 0.1) is 5.39 Å². The summed E-state index contributed by atoms with van der Waals surface area (Å²) in [7, 11) is 0. The van der Waals surface area contributed by atoms with Crippen molar-refractivity contribution in [2.24, 2.45) is 0 Å². The van der Waals surface area contributed by atoms with Gasteiger partial charge in [0, 0.05) is 24.1 Å². The van der Waals surface area contributed by atoms with Crippen molar-refractivity contribution in [1.29, 1.82) is 0 Å². The summed E-state index contributed by atoms with van der Waals surface area (Å²) in [6.45, 7) is 7.08. The molecule has 0 amide bonds. The molecule has 0 saturated heterocycles. The summed E-state index contributed by atoms with van der Waals surface area (Å²) in [5.41, 5.74) is 10.2. The van der Waals surface area contributed by atoms with E-state index >= 15 is 0 Å². The Hall–Kier alpha value is -4.07. The van der Waals surface area contributed by atoms with Crippen LogP contribution < -0.4 is 10.5 Å². The molecule has 5 aromatic rings. The number of hydrogen-bond donors (Lipinski definition) is 1. The second-order valence-corrected chi connectivity index (χ2v) is 9.39. The predicted molar refractivity (Wildman–Crippen MR) is 138 cm³/mol. The Balaban J connectivity index is 1.45. The van der Waals surface area contributed by atoms with Gasteiger partial charge < -0.3 is 10.5 Å². The normalized spacial score (nSPS) is 12.1. The maximum atomic E-state index is 13.7. The van der Waals surface area contributed by atoms with Gasteiger partial charge in [0.25, 0.3) is 5.92 Å². The lowest BCUT2D eigenvalue weighted by Crippen LogP contribution is -2.09. The third-order valence-corrected chi connectivity index (χ3v) is 6.34. The van der Waals surface area contributed by atoms with Crippen molar-refractivity contribution in [3.8, 4) is 17.0 Å². The number of nitrogens with zero attached hydrogens (tertiary/aromatic N) is 4. The third kappa shape index (κ3) is 4.34. The Kier molecular flexibility index (Phi) is 5.82. The number of benzene rings is 3. The summed E-state index contributed by atoms with van der Waals surface area (Å²) in [6, 6.07) is 16.6. The summed E-state index contributed by atoms with van der Waals surface area (Å²) in [6.07, 6.45) is 1.45. The molecule has 0 aliphatic carbocycles. The van der Waals surface area contributed by atoms with Crippen LogP contribution in [0.4, 0.5) is 14.6 Å². The van der Waals surface area contributed by atoms with E-state index in [4.69, 9.17) is 15.6 Å². The highest BCUT2D eigenvalue weighted by molar-refractivity contribution is 6.00. The van der Waals surface area contributed by atoms with Gasteiger partial charge in [-0.2, -0.15) is 5.10 Å². The quantitative estimate of drug-likeness (QED) is 0.285. The zero-order valence-electron chi connectivity index (χ0n) is 20.6. The maximum Gasteiger partial charge on any atom is 0.270 e. The molecule has 5 rings (SSSR count). The molecule has 184 valence electrons. The van der Waals surface area contributed by atoms with E-state index in [0.717, 1.165) is 45.5 Å². The molecule has 0 unspecified atom stereocenters. The number of hydrogen-bond acceptors (Lipinski definition) is 5. The Bertz CT molecular complexity index is 1590. The molecule has 0 saturated carbocycles. The van der Waals surface area contributed by atoms with Crippen molar-refractivity contribution in [2.45, 2.75) is 46.3 Å². The Morgan fingerprint density at radius 3 is 2.50 bits per heavy atom. The second-order valence-electron chi connectivity index (χ2n) is 9.39. The first kappa shape index (κ1) is 23.7. The minimum absolute atomic E-state index is 0.0174. The van der Waals surface area contributed by atoms with E-state index < -0.39 is 5.92 Å². The van der Waals surface area contributed by atoms with Crippen LogP contribution in [0.15, 0.2) is 60.9 Å². The van der Waals surface area contributed by atoms with Crippen molar-refractivity contribution >= 4 is 27.6 Å². The van der Waals surface area contributed by atoms with E-state index in [1.165, 1.54) is 18.5 Å². The molecule has 0 fully saturated rings. The molecule has 2 N–H and O–H groups in total. The van der Waals surface area contributed by atoms with Crippen LogP contribution >= 0.6 is 0 Å². The highest BCUT2D eigenvalue weighted by Gasteiger charge is 2.24. The Morgan fingerprint density at radius 2 is 1.75 bits per heavy atom. The molecule has 3 aromatic carbocycles. The van der Waals surface area contributed by atoms with Gasteiger partial charge in [-0.05, 0) is 66.9 Å². The zero-order chi connectivity index (χ0) is 25.6. The van der Waals surface area contributed by atoms with Crippen LogP contribution in [0, 0.1) is 6.92 Å². The predicted octanol–water partition coefficient (Wildman–Crippen LogP) is 6.81. The lowest BCUT2D eigenvalue weighted by atomic mass is 10.0. The number of alkyl halides is 2. The first-order valence-electron chi connectivity index (χ1n) is 11.8. The average molecular weight is 488 g/mol. The monoisotopic (exact) mass is 487 g/mol. The summed E-state index contributed by atoms with van der Waals surface area (Å²) >= 11 is 0. The molecular weight excluding hydrogens is 460 g/mol. The van der Waals surface area contributed by atoms with Gasteiger partial charge in [-0.1, -0.05) is 30.3 Å². The van der Waals surface area contributed by atoms with Crippen LogP contribution in [0.2, 0.25) is 0 Å². The molecule has 36 heavy (non-hydrogen) atoms. The van der Waals surface area contributed by atoms with Crippen molar-refractivity contribution in [3.05, 3.63) is 77.6 Å². The van der Waals surface area contributed by atoms with Crippen molar-refractivity contribution in [1.82, 2.24) is 19.7 Å². The van der Waals surface area contributed by atoms with Gasteiger partial charge in [0.15, 0.2) is 5.65 Å². The summed E-state index contributed by atoms with van der Waals surface area (Å²) in [5, 5.41) is 7.52. The van der Waals surface area contributed by atoms with Crippen molar-refractivity contribution in [3.63, 3.8) is 0 Å². The molecular formula is C28H27F2N5O. The molecule has 0 spiro atoms. The number of aromatic nitrogens is 4. The standard InChI is InChI=1S/C28H27F2N5O/c1-16(2)35-27-24(26(31)32-15-33-27)25(34-35)20-7-6-19-13-23(10-8-18(19)11-20)36-14-21-12-22(28(4,29)30)9-5-17(21)3/h5-13,15-16H,14H2,1-4H3,(H2,31,32,33). The minimum atomic E-state index is -2.89. The largest absolute Gasteiger partial charge is 0.489 e. The molecule has 6 nitrogen and oxygen atoms in total. The van der Waals surface area contributed by atoms with Gasteiger partial charge in [-0.3, -0.25) is 0 Å². The van der Waals surface area contributed by atoms with E-state index in [0.29, 0.717) is 17.2 Å². The summed E-state index contributed by atoms with van der Waals surface area (Å²) in [5.74, 6) is -1.84. The van der Waals surface area contributed by atoms with Crippen LogP contribution in [0.3, 0.4) is 0 Å². The van der Waals surface area contributed by atoms with Gasteiger partial charge in [-0.15, -0.1) is 0 Å². The first-order valence-corrected chi connectivity index (χ1v) is 11.8. The first-order chi connectivity index (χ1) is 17.1. The molecule has 0 atom stereocenters. The fourth-order valence-corrected chi connectivity index (χ4v) is 4.28. The van der Waals surface area contributed by atoms with Gasteiger partial charge in [-0.25, -0.2) is 23.4 Å². The molecule has 0 aliphatic rings. The molecule has 8 heteroatoms. The number of ether oxygens (including phenoxy) is 1. The Morgan fingerprint density at radius 1 is 1.00 bits per heavy atom. The number of anilines is 1.